The molecule has 3 heterocycles. The number of nitriles is 1. The first kappa shape index (κ1) is 17.5. The summed E-state index contributed by atoms with van der Waals surface area (Å²) in [4.78, 5) is 10.4. The van der Waals surface area contributed by atoms with Crippen LogP contribution < -0.4 is 4.74 Å². The van der Waals surface area contributed by atoms with Crippen molar-refractivity contribution in [2.75, 3.05) is 32.9 Å². The number of pyridine rings is 1. The molecule has 0 radical (unpaired) electrons. The standard InChI is InChI=1S/C21H22N4O2/c1-2-27-21-20(17-11-15(12-22)3-5-18(17)24-21)19-6-4-16(13-23-19)14-25-7-9-26-10-8-25/h3-6,11,13,24H,2,7-10,14H2,1H3. The highest BCUT2D eigenvalue weighted by molar-refractivity contribution is 5.98. The van der Waals surface area contributed by atoms with Gasteiger partial charge in [-0.05, 0) is 36.8 Å². The van der Waals surface area contributed by atoms with E-state index >= 15 is 0 Å². The van der Waals surface area contributed by atoms with Crippen LogP contribution in [-0.2, 0) is 11.3 Å². The van der Waals surface area contributed by atoms with Crippen molar-refractivity contribution in [1.29, 1.82) is 5.26 Å². The molecule has 0 bridgehead atoms. The van der Waals surface area contributed by atoms with Gasteiger partial charge in [-0.1, -0.05) is 6.07 Å². The summed E-state index contributed by atoms with van der Waals surface area (Å²) in [5.41, 5.74) is 4.48. The highest BCUT2D eigenvalue weighted by Gasteiger charge is 2.17. The number of H-pyrrole nitrogens is 1. The van der Waals surface area contributed by atoms with Gasteiger partial charge < -0.3 is 14.5 Å². The molecule has 4 rings (SSSR count). The minimum absolute atomic E-state index is 0.556. The number of benzene rings is 1. The number of nitrogens with one attached hydrogen (secondary N) is 1. The Hall–Kier alpha value is -2.88. The molecule has 1 aliphatic heterocycles. The third-order valence-corrected chi connectivity index (χ3v) is 4.77. The maximum absolute atomic E-state index is 9.24. The van der Waals surface area contributed by atoms with Crippen LogP contribution in [0.25, 0.3) is 22.2 Å². The van der Waals surface area contributed by atoms with Crippen LogP contribution in [0.4, 0.5) is 0 Å². The van der Waals surface area contributed by atoms with Crippen LogP contribution in [0, 0.1) is 11.3 Å². The second kappa shape index (κ2) is 7.78. The van der Waals surface area contributed by atoms with Crippen molar-refractivity contribution in [2.45, 2.75) is 13.5 Å². The highest BCUT2D eigenvalue weighted by Crippen LogP contribution is 2.37. The summed E-state index contributed by atoms with van der Waals surface area (Å²) < 4.78 is 11.2. The maximum Gasteiger partial charge on any atom is 0.201 e. The SMILES string of the molecule is CCOc1[nH]c2ccc(C#N)cc2c1-c1ccc(CN2CCOCC2)cn1. The fourth-order valence-electron chi connectivity index (χ4n) is 3.43. The Morgan fingerprint density at radius 1 is 1.26 bits per heavy atom. The second-order valence-electron chi connectivity index (χ2n) is 6.57. The Morgan fingerprint density at radius 3 is 2.81 bits per heavy atom. The average Bonchev–Trinajstić information content (AvgIpc) is 3.07. The molecule has 27 heavy (non-hydrogen) atoms. The number of fused-ring (bicyclic) bond motifs is 1. The predicted octanol–water partition coefficient (Wildman–Crippen LogP) is 3.33. The molecule has 3 aromatic rings. The zero-order chi connectivity index (χ0) is 18.6. The van der Waals surface area contributed by atoms with Gasteiger partial charge in [-0.15, -0.1) is 0 Å². The second-order valence-corrected chi connectivity index (χ2v) is 6.57. The van der Waals surface area contributed by atoms with E-state index in [0.29, 0.717) is 18.1 Å². The summed E-state index contributed by atoms with van der Waals surface area (Å²) in [6.45, 7) is 6.88. The lowest BCUT2D eigenvalue weighted by atomic mass is 10.1. The molecular weight excluding hydrogens is 340 g/mol. The average molecular weight is 362 g/mol. The molecule has 138 valence electrons. The van der Waals surface area contributed by atoms with E-state index in [2.05, 4.69) is 22.0 Å². The number of rotatable bonds is 5. The lowest BCUT2D eigenvalue weighted by Crippen LogP contribution is -2.35. The summed E-state index contributed by atoms with van der Waals surface area (Å²) in [7, 11) is 0. The van der Waals surface area contributed by atoms with E-state index in [1.54, 1.807) is 6.07 Å². The van der Waals surface area contributed by atoms with E-state index in [0.717, 1.165) is 55.0 Å². The van der Waals surface area contributed by atoms with Crippen LogP contribution >= 0.6 is 0 Å². The minimum atomic E-state index is 0.556. The van der Waals surface area contributed by atoms with Crippen molar-refractivity contribution in [1.82, 2.24) is 14.9 Å². The van der Waals surface area contributed by atoms with Crippen LogP contribution in [0.5, 0.6) is 5.88 Å². The van der Waals surface area contributed by atoms with Crippen molar-refractivity contribution in [3.63, 3.8) is 0 Å². The number of morpholine rings is 1. The van der Waals surface area contributed by atoms with Gasteiger partial charge in [0, 0.05) is 36.7 Å². The van der Waals surface area contributed by atoms with E-state index < -0.39 is 0 Å². The number of aromatic nitrogens is 2. The Balaban J connectivity index is 1.68. The Morgan fingerprint density at radius 2 is 2.11 bits per heavy atom. The third kappa shape index (κ3) is 3.65. The molecular formula is C21H22N4O2. The predicted molar refractivity (Wildman–Crippen MR) is 104 cm³/mol. The largest absolute Gasteiger partial charge is 0.479 e. The Kier molecular flexibility index (Phi) is 5.05. The van der Waals surface area contributed by atoms with Gasteiger partial charge in [0.25, 0.3) is 0 Å². The minimum Gasteiger partial charge on any atom is -0.479 e. The normalized spacial score (nSPS) is 15.0. The van der Waals surface area contributed by atoms with Gasteiger partial charge in [0.2, 0.25) is 5.88 Å². The Bertz CT molecular complexity index is 966. The fourth-order valence-corrected chi connectivity index (χ4v) is 3.43. The first-order valence-electron chi connectivity index (χ1n) is 9.22. The van der Waals surface area contributed by atoms with Gasteiger partial charge in [-0.3, -0.25) is 9.88 Å². The van der Waals surface area contributed by atoms with E-state index in [1.165, 1.54) is 5.56 Å². The van der Waals surface area contributed by atoms with Crippen molar-refractivity contribution in [3.8, 4) is 23.2 Å². The van der Waals surface area contributed by atoms with Gasteiger partial charge >= 0.3 is 0 Å². The molecule has 1 saturated heterocycles. The first-order chi connectivity index (χ1) is 13.3. The molecule has 1 aliphatic rings. The van der Waals surface area contributed by atoms with Crippen LogP contribution in [0.1, 0.15) is 18.1 Å². The monoisotopic (exact) mass is 362 g/mol. The zero-order valence-corrected chi connectivity index (χ0v) is 15.4. The van der Waals surface area contributed by atoms with Gasteiger partial charge in [-0.2, -0.15) is 5.26 Å². The van der Waals surface area contributed by atoms with Crippen LogP contribution in [-0.4, -0.2) is 47.8 Å². The molecule has 6 nitrogen and oxygen atoms in total. The molecule has 1 N–H and O–H groups in total. The molecule has 0 atom stereocenters. The van der Waals surface area contributed by atoms with E-state index in [-0.39, 0.29) is 0 Å². The summed E-state index contributed by atoms with van der Waals surface area (Å²) in [5.74, 6) is 0.691. The van der Waals surface area contributed by atoms with Gasteiger partial charge in [0.05, 0.1) is 42.7 Å². The molecule has 0 spiro atoms. The number of hydrogen-bond donors (Lipinski definition) is 1. The number of aromatic amines is 1. The first-order valence-corrected chi connectivity index (χ1v) is 9.22. The number of ether oxygens (including phenoxy) is 2. The van der Waals surface area contributed by atoms with Crippen molar-refractivity contribution in [2.24, 2.45) is 0 Å². The Labute approximate surface area is 158 Å². The maximum atomic E-state index is 9.24. The molecule has 6 heteroatoms. The van der Waals surface area contributed by atoms with Crippen molar-refractivity contribution in [3.05, 3.63) is 47.7 Å². The van der Waals surface area contributed by atoms with Gasteiger partial charge in [-0.25, -0.2) is 0 Å². The van der Waals surface area contributed by atoms with E-state index in [9.17, 15) is 5.26 Å². The number of nitrogens with zero attached hydrogens (tertiary/aromatic N) is 3. The number of hydrogen-bond acceptors (Lipinski definition) is 5. The van der Waals surface area contributed by atoms with E-state index in [4.69, 9.17) is 14.5 Å². The zero-order valence-electron chi connectivity index (χ0n) is 15.4. The van der Waals surface area contributed by atoms with E-state index in [1.807, 2.05) is 31.3 Å². The molecule has 0 saturated carbocycles. The molecule has 0 amide bonds. The molecule has 0 unspecified atom stereocenters. The lowest BCUT2D eigenvalue weighted by molar-refractivity contribution is 0.0341. The van der Waals surface area contributed by atoms with Gasteiger partial charge in [0.1, 0.15) is 0 Å². The quantitative estimate of drug-likeness (QED) is 0.753. The molecule has 1 fully saturated rings. The highest BCUT2D eigenvalue weighted by atomic mass is 16.5. The molecule has 0 aliphatic carbocycles. The summed E-state index contributed by atoms with van der Waals surface area (Å²) in [5, 5.41) is 10.2. The summed E-state index contributed by atoms with van der Waals surface area (Å²) in [6.07, 6.45) is 1.92. The molecule has 2 aromatic heterocycles. The van der Waals surface area contributed by atoms with Crippen molar-refractivity contribution >= 4 is 10.9 Å². The van der Waals surface area contributed by atoms with Crippen molar-refractivity contribution < 1.29 is 9.47 Å². The topological polar surface area (TPSA) is 74.2 Å². The van der Waals surface area contributed by atoms with Crippen LogP contribution in [0.15, 0.2) is 36.5 Å². The molecule has 1 aromatic carbocycles. The third-order valence-electron chi connectivity index (χ3n) is 4.77. The lowest BCUT2D eigenvalue weighted by Gasteiger charge is -2.26. The summed E-state index contributed by atoms with van der Waals surface area (Å²) >= 11 is 0. The summed E-state index contributed by atoms with van der Waals surface area (Å²) in [6, 6.07) is 11.9. The van der Waals surface area contributed by atoms with Crippen LogP contribution in [0.2, 0.25) is 0 Å². The fraction of sp³-hybridized carbons (Fsp3) is 0.333. The smallest absolute Gasteiger partial charge is 0.201 e. The van der Waals surface area contributed by atoms with Crippen LogP contribution in [0.3, 0.4) is 0 Å². The van der Waals surface area contributed by atoms with Gasteiger partial charge in [0.15, 0.2) is 0 Å².